The number of pyridine rings is 1. The molecule has 1 fully saturated rings. The molecule has 1 aliphatic heterocycles. The number of hydrogen-bond donors (Lipinski definition) is 0. The van der Waals surface area contributed by atoms with Gasteiger partial charge in [0.15, 0.2) is 0 Å². The smallest absolute Gasteiger partial charge is 0.210 e. The number of sulfone groups is 1. The third-order valence-corrected chi connectivity index (χ3v) is 7.24. The Bertz CT molecular complexity index is 1080. The van der Waals surface area contributed by atoms with E-state index in [2.05, 4.69) is 16.8 Å². The Morgan fingerprint density at radius 3 is 2.56 bits per heavy atom. The summed E-state index contributed by atoms with van der Waals surface area (Å²) >= 11 is 5.94. The molecule has 6 heteroatoms. The first-order valence-corrected chi connectivity index (χ1v) is 11.0. The lowest BCUT2D eigenvalue weighted by Crippen LogP contribution is -2.38. The summed E-state index contributed by atoms with van der Waals surface area (Å²) in [7, 11) is -3.71. The quantitative estimate of drug-likeness (QED) is 0.613. The number of hydrogen-bond acceptors (Lipinski definition) is 4. The van der Waals surface area contributed by atoms with E-state index in [0.29, 0.717) is 5.02 Å². The highest BCUT2D eigenvalue weighted by molar-refractivity contribution is 7.91. The average Bonchev–Trinajstić information content (AvgIpc) is 2.68. The van der Waals surface area contributed by atoms with Crippen molar-refractivity contribution in [1.29, 1.82) is 0 Å². The molecule has 2 heterocycles. The third kappa shape index (κ3) is 3.30. The van der Waals surface area contributed by atoms with E-state index >= 15 is 0 Å². The highest BCUT2D eigenvalue weighted by atomic mass is 35.5. The number of rotatable bonds is 3. The Kier molecular flexibility index (Phi) is 4.82. The van der Waals surface area contributed by atoms with Crippen LogP contribution in [0.4, 0.5) is 5.69 Å². The zero-order chi connectivity index (χ0) is 19.0. The molecule has 1 atom stereocenters. The largest absolute Gasteiger partial charge is 0.367 e. The van der Waals surface area contributed by atoms with E-state index in [1.54, 1.807) is 24.3 Å². The van der Waals surface area contributed by atoms with Gasteiger partial charge in [0.2, 0.25) is 9.84 Å². The van der Waals surface area contributed by atoms with Gasteiger partial charge in [0.1, 0.15) is 4.90 Å². The Balaban J connectivity index is 1.97. The number of anilines is 1. The molecule has 1 aliphatic rings. The molecule has 1 saturated heterocycles. The van der Waals surface area contributed by atoms with Crippen molar-refractivity contribution in [3.63, 3.8) is 0 Å². The van der Waals surface area contributed by atoms with Gasteiger partial charge in [-0.05, 0) is 56.5 Å². The molecule has 3 aromatic rings. The fourth-order valence-corrected chi connectivity index (χ4v) is 5.32. The van der Waals surface area contributed by atoms with Gasteiger partial charge in [-0.25, -0.2) is 8.42 Å². The number of piperidine rings is 1. The van der Waals surface area contributed by atoms with Crippen molar-refractivity contribution in [2.75, 3.05) is 11.4 Å². The Labute approximate surface area is 164 Å². The summed E-state index contributed by atoms with van der Waals surface area (Å²) in [6.07, 6.45) is 4.78. The number of aromatic nitrogens is 1. The van der Waals surface area contributed by atoms with Crippen molar-refractivity contribution < 1.29 is 8.42 Å². The summed E-state index contributed by atoms with van der Waals surface area (Å²) in [4.78, 5) is 7.16. The number of fused-ring (bicyclic) bond motifs is 1. The van der Waals surface area contributed by atoms with Crippen LogP contribution in [-0.2, 0) is 9.84 Å². The van der Waals surface area contributed by atoms with E-state index in [-0.39, 0.29) is 15.8 Å². The zero-order valence-corrected chi connectivity index (χ0v) is 16.7. The third-order valence-electron chi connectivity index (χ3n) is 5.22. The highest BCUT2D eigenvalue weighted by Crippen LogP contribution is 2.38. The minimum atomic E-state index is -3.71. The Hall–Kier alpha value is -2.11. The van der Waals surface area contributed by atoms with Crippen molar-refractivity contribution in [3.8, 4) is 0 Å². The summed E-state index contributed by atoms with van der Waals surface area (Å²) in [5.74, 6) is 0. The maximum atomic E-state index is 13.4. The highest BCUT2D eigenvalue weighted by Gasteiger charge is 2.29. The first-order valence-electron chi connectivity index (χ1n) is 9.13. The number of para-hydroxylation sites is 1. The second-order valence-electron chi connectivity index (χ2n) is 6.98. The molecule has 0 unspecified atom stereocenters. The first kappa shape index (κ1) is 18.3. The second kappa shape index (κ2) is 7.13. The van der Waals surface area contributed by atoms with Gasteiger partial charge in [-0.3, -0.25) is 4.98 Å². The van der Waals surface area contributed by atoms with Gasteiger partial charge < -0.3 is 4.90 Å². The maximum absolute atomic E-state index is 13.4. The molecular weight excluding hydrogens is 380 g/mol. The lowest BCUT2D eigenvalue weighted by Gasteiger charge is -2.37. The summed E-state index contributed by atoms with van der Waals surface area (Å²) in [6.45, 7) is 3.01. The number of nitrogens with zero attached hydrogens (tertiary/aromatic N) is 2. The normalized spacial score (nSPS) is 18.0. The molecule has 0 bridgehead atoms. The van der Waals surface area contributed by atoms with Crippen molar-refractivity contribution in [2.24, 2.45) is 0 Å². The molecule has 0 N–H and O–H groups in total. The molecule has 0 aliphatic carbocycles. The van der Waals surface area contributed by atoms with Gasteiger partial charge in [-0.1, -0.05) is 29.8 Å². The molecular formula is C21H21ClN2O2S. The molecule has 2 aromatic carbocycles. The van der Waals surface area contributed by atoms with E-state index < -0.39 is 9.84 Å². The predicted molar refractivity (Wildman–Crippen MR) is 109 cm³/mol. The van der Waals surface area contributed by atoms with Crippen LogP contribution in [0.2, 0.25) is 5.02 Å². The molecule has 1 aromatic heterocycles. The second-order valence-corrected chi connectivity index (χ2v) is 9.34. The lowest BCUT2D eigenvalue weighted by molar-refractivity contribution is 0.483. The van der Waals surface area contributed by atoms with Crippen molar-refractivity contribution >= 4 is 38.0 Å². The molecule has 0 saturated carbocycles. The van der Waals surface area contributed by atoms with E-state index in [0.717, 1.165) is 36.0 Å². The molecule has 140 valence electrons. The Morgan fingerprint density at radius 2 is 1.81 bits per heavy atom. The molecule has 0 spiro atoms. The standard InChI is InChI=1S/C21H21ClN2O2S/c1-15-6-4-5-13-24(15)21-18-7-2-3-8-19(18)23-14-20(21)27(25,26)17-11-9-16(22)10-12-17/h2-3,7-12,14-15H,4-6,13H2,1H3/t15-/m0/s1. The minimum absolute atomic E-state index is 0.231. The summed E-state index contributed by atoms with van der Waals surface area (Å²) < 4.78 is 26.9. The lowest BCUT2D eigenvalue weighted by atomic mass is 10.0. The summed E-state index contributed by atoms with van der Waals surface area (Å²) in [5, 5.41) is 1.39. The van der Waals surface area contributed by atoms with Crippen molar-refractivity contribution in [3.05, 3.63) is 59.8 Å². The predicted octanol–water partition coefficient (Wildman–Crippen LogP) is 5.10. The molecule has 27 heavy (non-hydrogen) atoms. The van der Waals surface area contributed by atoms with Crippen molar-refractivity contribution in [2.45, 2.75) is 42.0 Å². The van der Waals surface area contributed by atoms with Crippen LogP contribution in [0.25, 0.3) is 10.9 Å². The van der Waals surface area contributed by atoms with Crippen LogP contribution in [-0.4, -0.2) is 26.0 Å². The van der Waals surface area contributed by atoms with Crippen LogP contribution in [0.15, 0.2) is 64.5 Å². The monoisotopic (exact) mass is 400 g/mol. The SMILES string of the molecule is C[C@H]1CCCCN1c1c(S(=O)(=O)c2ccc(Cl)cc2)cnc2ccccc12. The topological polar surface area (TPSA) is 50.3 Å². The van der Waals surface area contributed by atoms with E-state index in [9.17, 15) is 8.42 Å². The fraction of sp³-hybridized carbons (Fsp3) is 0.286. The molecule has 0 radical (unpaired) electrons. The van der Waals surface area contributed by atoms with Gasteiger partial charge in [0.05, 0.1) is 16.1 Å². The summed E-state index contributed by atoms with van der Waals surface area (Å²) in [5.41, 5.74) is 1.57. The number of benzene rings is 2. The summed E-state index contributed by atoms with van der Waals surface area (Å²) in [6, 6.07) is 14.3. The van der Waals surface area contributed by atoms with Gasteiger partial charge >= 0.3 is 0 Å². The van der Waals surface area contributed by atoms with Gasteiger partial charge in [-0.15, -0.1) is 0 Å². The van der Waals surface area contributed by atoms with Crippen LogP contribution in [0.5, 0.6) is 0 Å². The average molecular weight is 401 g/mol. The number of halogens is 1. The first-order chi connectivity index (χ1) is 13.0. The van der Waals surface area contributed by atoms with Gasteiger partial charge in [0, 0.05) is 29.2 Å². The van der Waals surface area contributed by atoms with Crippen LogP contribution in [0.3, 0.4) is 0 Å². The van der Waals surface area contributed by atoms with E-state index in [1.807, 2.05) is 24.3 Å². The van der Waals surface area contributed by atoms with Crippen molar-refractivity contribution in [1.82, 2.24) is 4.98 Å². The molecule has 4 nitrogen and oxygen atoms in total. The van der Waals surface area contributed by atoms with E-state index in [4.69, 9.17) is 11.6 Å². The van der Waals surface area contributed by atoms with Crippen LogP contribution in [0, 0.1) is 0 Å². The molecule has 0 amide bonds. The van der Waals surface area contributed by atoms with Gasteiger partial charge in [0.25, 0.3) is 0 Å². The van der Waals surface area contributed by atoms with Gasteiger partial charge in [-0.2, -0.15) is 0 Å². The van der Waals surface area contributed by atoms with Crippen LogP contribution in [0.1, 0.15) is 26.2 Å². The zero-order valence-electron chi connectivity index (χ0n) is 15.1. The van der Waals surface area contributed by atoms with E-state index in [1.165, 1.54) is 12.6 Å². The maximum Gasteiger partial charge on any atom is 0.210 e. The van der Waals surface area contributed by atoms with Crippen LogP contribution >= 0.6 is 11.6 Å². The van der Waals surface area contributed by atoms with Crippen LogP contribution < -0.4 is 4.90 Å². The minimum Gasteiger partial charge on any atom is -0.367 e. The Morgan fingerprint density at radius 1 is 1.07 bits per heavy atom. The molecule has 4 rings (SSSR count). The fourth-order valence-electron chi connectivity index (χ4n) is 3.77.